The van der Waals surface area contributed by atoms with Crippen LogP contribution in [0.2, 0.25) is 5.22 Å². The fourth-order valence-corrected chi connectivity index (χ4v) is 3.04. The number of hydrogen-bond acceptors (Lipinski definition) is 3. The quantitative estimate of drug-likeness (QED) is 0.831. The number of piperidine rings is 1. The first-order valence-corrected chi connectivity index (χ1v) is 6.40. The van der Waals surface area contributed by atoms with Gasteiger partial charge in [0.15, 0.2) is 11.0 Å². The molecule has 2 atom stereocenters. The maximum Gasteiger partial charge on any atom is 0.289 e. The summed E-state index contributed by atoms with van der Waals surface area (Å²) in [5, 5.41) is 3.62. The predicted molar refractivity (Wildman–Crippen MR) is 64.1 cm³/mol. The lowest BCUT2D eigenvalue weighted by atomic mass is 9.93. The van der Waals surface area contributed by atoms with Gasteiger partial charge in [0.1, 0.15) is 0 Å². The molecule has 3 rings (SSSR count). The Kier molecular flexibility index (Phi) is 2.84. The molecule has 2 saturated heterocycles. The zero-order valence-corrected chi connectivity index (χ0v) is 10.2. The molecule has 17 heavy (non-hydrogen) atoms. The summed E-state index contributed by atoms with van der Waals surface area (Å²) in [6.07, 6.45) is 2.26. The van der Waals surface area contributed by atoms with E-state index in [0.29, 0.717) is 17.7 Å². The lowest BCUT2D eigenvalue weighted by Gasteiger charge is -2.31. The summed E-state index contributed by atoms with van der Waals surface area (Å²) in [7, 11) is 0. The summed E-state index contributed by atoms with van der Waals surface area (Å²) < 4.78 is 5.19. The standard InChI is InChI=1S/C12H15ClN2O2/c13-11-2-1-10(17-11)12(16)15-6-4-8-3-5-14-7-9(8)15/h1-2,8-9,14H,3-7H2. The third kappa shape index (κ3) is 1.96. The maximum atomic E-state index is 12.3. The molecule has 2 aliphatic heterocycles. The highest BCUT2D eigenvalue weighted by atomic mass is 35.5. The van der Waals surface area contributed by atoms with E-state index in [0.717, 1.165) is 32.5 Å². The van der Waals surface area contributed by atoms with E-state index in [1.807, 2.05) is 4.90 Å². The Balaban J connectivity index is 1.78. The van der Waals surface area contributed by atoms with Gasteiger partial charge in [-0.1, -0.05) is 0 Å². The molecule has 1 N–H and O–H groups in total. The molecule has 2 fully saturated rings. The van der Waals surface area contributed by atoms with Gasteiger partial charge in [-0.3, -0.25) is 4.79 Å². The average molecular weight is 255 g/mol. The fraction of sp³-hybridized carbons (Fsp3) is 0.583. The van der Waals surface area contributed by atoms with Crippen molar-refractivity contribution in [1.29, 1.82) is 0 Å². The molecule has 2 aliphatic rings. The Morgan fingerprint density at radius 1 is 1.47 bits per heavy atom. The molecule has 4 nitrogen and oxygen atoms in total. The van der Waals surface area contributed by atoms with Crippen LogP contribution in [0.15, 0.2) is 16.5 Å². The largest absolute Gasteiger partial charge is 0.440 e. The number of carbonyl (C=O) groups is 1. The number of halogens is 1. The van der Waals surface area contributed by atoms with Crippen molar-refractivity contribution in [2.75, 3.05) is 19.6 Å². The number of rotatable bonds is 1. The third-order valence-electron chi connectivity index (χ3n) is 3.78. The molecule has 5 heteroatoms. The van der Waals surface area contributed by atoms with Crippen LogP contribution in [-0.4, -0.2) is 36.5 Å². The van der Waals surface area contributed by atoms with E-state index in [2.05, 4.69) is 5.32 Å². The van der Waals surface area contributed by atoms with E-state index in [1.54, 1.807) is 12.1 Å². The first-order valence-electron chi connectivity index (χ1n) is 6.03. The van der Waals surface area contributed by atoms with Crippen LogP contribution in [0.3, 0.4) is 0 Å². The lowest BCUT2D eigenvalue weighted by molar-refractivity contribution is 0.0670. The first-order chi connectivity index (χ1) is 8.25. The van der Waals surface area contributed by atoms with Gasteiger partial charge in [0.2, 0.25) is 0 Å². The summed E-state index contributed by atoms with van der Waals surface area (Å²) >= 11 is 5.70. The van der Waals surface area contributed by atoms with Crippen molar-refractivity contribution in [3.8, 4) is 0 Å². The Bertz CT molecular complexity index is 432. The molecule has 0 bridgehead atoms. The summed E-state index contributed by atoms with van der Waals surface area (Å²) in [6, 6.07) is 3.58. The number of furan rings is 1. The maximum absolute atomic E-state index is 12.3. The molecule has 0 radical (unpaired) electrons. The van der Waals surface area contributed by atoms with Crippen molar-refractivity contribution < 1.29 is 9.21 Å². The predicted octanol–water partition coefficient (Wildman–Crippen LogP) is 1.76. The zero-order valence-electron chi connectivity index (χ0n) is 9.49. The number of hydrogen-bond donors (Lipinski definition) is 1. The van der Waals surface area contributed by atoms with Gasteiger partial charge in [0.05, 0.1) is 0 Å². The van der Waals surface area contributed by atoms with Gasteiger partial charge in [0, 0.05) is 19.1 Å². The first kappa shape index (κ1) is 11.1. The van der Waals surface area contributed by atoms with E-state index in [1.165, 1.54) is 0 Å². The highest BCUT2D eigenvalue weighted by Gasteiger charge is 2.39. The molecule has 0 aromatic carbocycles. The van der Waals surface area contributed by atoms with E-state index < -0.39 is 0 Å². The second-order valence-electron chi connectivity index (χ2n) is 4.71. The van der Waals surface area contributed by atoms with Crippen molar-refractivity contribution in [2.45, 2.75) is 18.9 Å². The molecular formula is C12H15ClN2O2. The molecule has 2 unspecified atom stereocenters. The number of likely N-dealkylation sites (tertiary alicyclic amines) is 1. The van der Waals surface area contributed by atoms with Crippen LogP contribution >= 0.6 is 11.6 Å². The number of nitrogens with one attached hydrogen (secondary N) is 1. The Labute approximate surface area is 105 Å². The van der Waals surface area contributed by atoms with Crippen LogP contribution in [0.25, 0.3) is 0 Å². The Hall–Kier alpha value is -1.00. The third-order valence-corrected chi connectivity index (χ3v) is 3.98. The van der Waals surface area contributed by atoms with E-state index in [4.69, 9.17) is 16.0 Å². The summed E-state index contributed by atoms with van der Waals surface area (Å²) in [6.45, 7) is 2.79. The van der Waals surface area contributed by atoms with Crippen molar-refractivity contribution in [1.82, 2.24) is 10.2 Å². The Morgan fingerprint density at radius 3 is 3.12 bits per heavy atom. The van der Waals surface area contributed by atoms with Gasteiger partial charge in [-0.25, -0.2) is 0 Å². The fourth-order valence-electron chi connectivity index (χ4n) is 2.89. The molecule has 0 spiro atoms. The van der Waals surface area contributed by atoms with Gasteiger partial charge >= 0.3 is 0 Å². The molecule has 0 aliphatic carbocycles. The molecule has 1 aromatic rings. The van der Waals surface area contributed by atoms with Crippen molar-refractivity contribution in [3.05, 3.63) is 23.1 Å². The summed E-state index contributed by atoms with van der Waals surface area (Å²) in [5.41, 5.74) is 0. The molecule has 1 amide bonds. The highest BCUT2D eigenvalue weighted by molar-refractivity contribution is 6.29. The molecular weight excluding hydrogens is 240 g/mol. The lowest BCUT2D eigenvalue weighted by Crippen LogP contribution is -2.47. The second-order valence-corrected chi connectivity index (χ2v) is 5.08. The summed E-state index contributed by atoms with van der Waals surface area (Å²) in [5.74, 6) is 0.958. The van der Waals surface area contributed by atoms with Crippen LogP contribution in [0.1, 0.15) is 23.4 Å². The van der Waals surface area contributed by atoms with E-state index >= 15 is 0 Å². The van der Waals surface area contributed by atoms with Gasteiger partial charge in [-0.2, -0.15) is 0 Å². The van der Waals surface area contributed by atoms with E-state index in [-0.39, 0.29) is 11.1 Å². The van der Waals surface area contributed by atoms with Crippen molar-refractivity contribution in [2.24, 2.45) is 5.92 Å². The topological polar surface area (TPSA) is 45.5 Å². The minimum atomic E-state index is -0.0342. The Morgan fingerprint density at radius 2 is 2.35 bits per heavy atom. The van der Waals surface area contributed by atoms with Gasteiger partial charge in [0.25, 0.3) is 5.91 Å². The minimum absolute atomic E-state index is 0.0342. The second kappa shape index (κ2) is 4.35. The zero-order chi connectivity index (χ0) is 11.8. The molecule has 0 saturated carbocycles. The minimum Gasteiger partial charge on any atom is -0.440 e. The molecule has 1 aromatic heterocycles. The van der Waals surface area contributed by atoms with Crippen LogP contribution in [0, 0.1) is 5.92 Å². The number of carbonyl (C=O) groups excluding carboxylic acids is 1. The molecule has 3 heterocycles. The van der Waals surface area contributed by atoms with Crippen LogP contribution in [-0.2, 0) is 0 Å². The monoisotopic (exact) mass is 254 g/mol. The normalized spacial score (nSPS) is 28.2. The van der Waals surface area contributed by atoms with Crippen LogP contribution in [0.4, 0.5) is 0 Å². The van der Waals surface area contributed by atoms with Crippen LogP contribution in [0.5, 0.6) is 0 Å². The molecule has 92 valence electrons. The number of nitrogens with zero attached hydrogens (tertiary/aromatic N) is 1. The SMILES string of the molecule is O=C(c1ccc(Cl)o1)N1CCC2CCNCC21. The highest BCUT2D eigenvalue weighted by Crippen LogP contribution is 2.30. The smallest absolute Gasteiger partial charge is 0.289 e. The van der Waals surface area contributed by atoms with Gasteiger partial charge < -0.3 is 14.6 Å². The number of fused-ring (bicyclic) bond motifs is 1. The van der Waals surface area contributed by atoms with E-state index in [9.17, 15) is 4.79 Å². The van der Waals surface area contributed by atoms with Crippen molar-refractivity contribution in [3.63, 3.8) is 0 Å². The van der Waals surface area contributed by atoms with Crippen molar-refractivity contribution >= 4 is 17.5 Å². The number of amides is 1. The van der Waals surface area contributed by atoms with Crippen LogP contribution < -0.4 is 5.32 Å². The summed E-state index contributed by atoms with van der Waals surface area (Å²) in [4.78, 5) is 14.2. The van der Waals surface area contributed by atoms with Gasteiger partial charge in [-0.15, -0.1) is 0 Å². The van der Waals surface area contributed by atoms with Gasteiger partial charge in [-0.05, 0) is 49.0 Å². The average Bonchev–Trinajstić information content (AvgIpc) is 2.94.